The Kier molecular flexibility index (Phi) is 4.06. The summed E-state index contributed by atoms with van der Waals surface area (Å²) in [6.45, 7) is 2.15. The maximum atomic E-state index is 11.6. The molecular weight excluding hydrogens is 259 g/mol. The highest BCUT2D eigenvalue weighted by molar-refractivity contribution is 7.17. The Morgan fingerprint density at radius 1 is 1.61 bits per heavy atom. The van der Waals surface area contributed by atoms with E-state index in [1.165, 1.54) is 16.8 Å². The average molecular weight is 272 g/mol. The van der Waals surface area contributed by atoms with E-state index in [2.05, 4.69) is 4.98 Å². The minimum atomic E-state index is -0.497. The first-order valence-corrected chi connectivity index (χ1v) is 6.26. The highest BCUT2D eigenvalue weighted by Gasteiger charge is 2.34. The molecule has 0 spiro atoms. The molecule has 2 heterocycles. The zero-order chi connectivity index (χ0) is 13.1. The van der Waals surface area contributed by atoms with E-state index < -0.39 is 17.5 Å². The van der Waals surface area contributed by atoms with Gasteiger partial charge in [-0.2, -0.15) is 0 Å². The predicted molar refractivity (Wildman–Crippen MR) is 62.6 cm³/mol. The van der Waals surface area contributed by atoms with Gasteiger partial charge in [0.2, 0.25) is 0 Å². The van der Waals surface area contributed by atoms with E-state index >= 15 is 0 Å². The number of rotatable bonds is 4. The van der Waals surface area contributed by atoms with Crippen LogP contribution in [0.4, 0.5) is 0 Å². The van der Waals surface area contributed by atoms with Crippen molar-refractivity contribution < 1.29 is 13.8 Å². The second-order valence-corrected chi connectivity index (χ2v) is 4.66. The largest absolute Gasteiger partial charge is 0.352 e. The lowest BCUT2D eigenvalue weighted by molar-refractivity contribution is -0.0280. The van der Waals surface area contributed by atoms with Crippen LogP contribution in [0.3, 0.4) is 0 Å². The molecule has 18 heavy (non-hydrogen) atoms. The molecule has 0 bridgehead atoms. The first-order chi connectivity index (χ1) is 8.61. The quantitative estimate of drug-likeness (QED) is 0.814. The molecule has 0 amide bonds. The highest BCUT2D eigenvalue weighted by Crippen LogP contribution is 2.33. The van der Waals surface area contributed by atoms with Gasteiger partial charge in [0, 0.05) is 18.2 Å². The third kappa shape index (κ3) is 2.75. The normalized spacial score (nSPS) is 27.7. The van der Waals surface area contributed by atoms with Crippen molar-refractivity contribution in [2.75, 3.05) is 6.61 Å². The molecule has 1 aromatic rings. The third-order valence-corrected chi connectivity index (χ3v) is 3.15. The number of aromatic nitrogens is 2. The van der Waals surface area contributed by atoms with Crippen molar-refractivity contribution in [2.45, 2.75) is 25.7 Å². The van der Waals surface area contributed by atoms with Gasteiger partial charge in [0.15, 0.2) is 0 Å². The molecule has 2 rings (SSSR count). The molecule has 1 fully saturated rings. The zero-order valence-corrected chi connectivity index (χ0v) is 10.6. The van der Waals surface area contributed by atoms with Crippen molar-refractivity contribution in [2.24, 2.45) is 5.92 Å². The molecule has 1 aliphatic rings. The lowest BCUT2D eigenvalue weighted by Crippen LogP contribution is -2.33. The number of H-pyrrole nitrogens is 1. The van der Waals surface area contributed by atoms with Gasteiger partial charge < -0.3 is 4.74 Å². The monoisotopic (exact) mass is 272 g/mol. The lowest BCUT2D eigenvalue weighted by atomic mass is 10.1. The van der Waals surface area contributed by atoms with E-state index in [4.69, 9.17) is 9.26 Å². The average Bonchev–Trinajstić information content (AvgIpc) is 2.68. The summed E-state index contributed by atoms with van der Waals surface area (Å²) in [7, 11) is -0.385. The van der Waals surface area contributed by atoms with Crippen LogP contribution in [0.2, 0.25) is 0 Å². The Morgan fingerprint density at radius 2 is 2.39 bits per heavy atom. The van der Waals surface area contributed by atoms with Crippen molar-refractivity contribution in [1.29, 1.82) is 0 Å². The van der Waals surface area contributed by atoms with Crippen LogP contribution in [-0.2, 0) is 13.8 Å². The van der Waals surface area contributed by atoms with Crippen LogP contribution >= 0.6 is 8.69 Å². The van der Waals surface area contributed by atoms with Crippen LogP contribution in [0.15, 0.2) is 21.9 Å². The minimum Gasteiger partial charge on any atom is -0.352 e. The summed E-state index contributed by atoms with van der Waals surface area (Å²) >= 11 is 0. The fourth-order valence-electron chi connectivity index (χ4n) is 2.11. The second-order valence-electron chi connectivity index (χ2n) is 4.25. The van der Waals surface area contributed by atoms with Gasteiger partial charge in [-0.15, -0.1) is 0 Å². The number of hydrogen-bond donors (Lipinski definition) is 1. The van der Waals surface area contributed by atoms with E-state index in [1.54, 1.807) is 0 Å². The van der Waals surface area contributed by atoms with Crippen molar-refractivity contribution in [3.05, 3.63) is 33.1 Å². The van der Waals surface area contributed by atoms with Crippen LogP contribution in [0, 0.1) is 5.92 Å². The molecule has 1 unspecified atom stereocenters. The Morgan fingerprint density at radius 3 is 3.06 bits per heavy atom. The number of aromatic amines is 1. The van der Waals surface area contributed by atoms with Crippen molar-refractivity contribution in [3.63, 3.8) is 0 Å². The first kappa shape index (κ1) is 13.1. The van der Waals surface area contributed by atoms with Gasteiger partial charge in [-0.25, -0.2) is 9.36 Å². The molecule has 1 aromatic heterocycles. The molecule has 0 aromatic carbocycles. The molecule has 1 N–H and O–H groups in total. The van der Waals surface area contributed by atoms with E-state index in [9.17, 15) is 14.2 Å². The number of ether oxygens (including phenoxy) is 1. The lowest BCUT2D eigenvalue weighted by Gasteiger charge is -2.17. The van der Waals surface area contributed by atoms with E-state index in [0.29, 0.717) is 6.42 Å². The fraction of sp³-hybridized carbons (Fsp3) is 0.600. The van der Waals surface area contributed by atoms with Gasteiger partial charge in [0.1, 0.15) is 6.23 Å². The molecule has 7 nitrogen and oxygen atoms in total. The van der Waals surface area contributed by atoms with Gasteiger partial charge in [-0.3, -0.25) is 18.9 Å². The maximum absolute atomic E-state index is 11.6. The molecule has 8 heteroatoms. The van der Waals surface area contributed by atoms with Gasteiger partial charge in [-0.1, -0.05) is 6.92 Å². The molecule has 0 radical (unpaired) electrons. The van der Waals surface area contributed by atoms with E-state index in [0.717, 1.165) is 0 Å². The number of nitrogens with zero attached hydrogens (tertiary/aromatic N) is 1. The second kappa shape index (κ2) is 5.56. The van der Waals surface area contributed by atoms with E-state index in [1.807, 2.05) is 6.92 Å². The van der Waals surface area contributed by atoms with Crippen LogP contribution in [0.1, 0.15) is 19.6 Å². The summed E-state index contributed by atoms with van der Waals surface area (Å²) in [5, 5.41) is 0. The third-order valence-electron chi connectivity index (χ3n) is 2.89. The SMILES string of the molecule is C[C@H]1CC(COP=O)O[C@H]1n1ccc(=O)[nH]c1=O. The molecule has 3 atom stereocenters. The molecule has 1 saturated heterocycles. The zero-order valence-electron chi connectivity index (χ0n) is 9.74. The summed E-state index contributed by atoms with van der Waals surface area (Å²) < 4.78 is 22.0. The topological polar surface area (TPSA) is 90.4 Å². The van der Waals surface area contributed by atoms with Gasteiger partial charge in [0.05, 0.1) is 12.7 Å². The molecular formula is C10H13N2O5P. The van der Waals surface area contributed by atoms with E-state index in [-0.39, 0.29) is 27.3 Å². The summed E-state index contributed by atoms with van der Waals surface area (Å²) in [6.07, 6.45) is 1.47. The van der Waals surface area contributed by atoms with Crippen LogP contribution < -0.4 is 11.2 Å². The Balaban J connectivity index is 2.16. The molecule has 0 saturated carbocycles. The summed E-state index contributed by atoms with van der Waals surface area (Å²) in [4.78, 5) is 24.8. The smallest absolute Gasteiger partial charge is 0.330 e. The van der Waals surface area contributed by atoms with Gasteiger partial charge in [-0.05, 0) is 6.42 Å². The van der Waals surface area contributed by atoms with Gasteiger partial charge in [0.25, 0.3) is 5.56 Å². The fourth-order valence-corrected chi connectivity index (χ4v) is 2.33. The highest BCUT2D eigenvalue weighted by atomic mass is 31.1. The van der Waals surface area contributed by atoms with Crippen molar-refractivity contribution >= 4 is 8.69 Å². The number of hydrogen-bond acceptors (Lipinski definition) is 5. The van der Waals surface area contributed by atoms with Gasteiger partial charge >= 0.3 is 14.4 Å². The molecule has 1 aliphatic heterocycles. The molecule has 0 aliphatic carbocycles. The van der Waals surface area contributed by atoms with Crippen molar-refractivity contribution in [3.8, 4) is 0 Å². The Hall–Kier alpha value is -1.30. The standard InChI is InChI=1S/C10H13N2O5P/c1-6-4-7(5-16-18-15)17-9(6)12-3-2-8(13)11-10(12)14/h2-3,6-7,9H,4-5H2,1H3,(H,11,13,14)/t6-,7?,9+/m0/s1. The van der Waals surface area contributed by atoms with Crippen LogP contribution in [0.5, 0.6) is 0 Å². The van der Waals surface area contributed by atoms with Crippen molar-refractivity contribution in [1.82, 2.24) is 9.55 Å². The van der Waals surface area contributed by atoms with Crippen LogP contribution in [0.25, 0.3) is 0 Å². The Bertz CT molecular complexity index is 540. The molecule has 98 valence electrons. The summed E-state index contributed by atoms with van der Waals surface area (Å²) in [5.74, 6) is 0.102. The number of nitrogens with one attached hydrogen (secondary N) is 1. The Labute approximate surface area is 104 Å². The predicted octanol–water partition coefficient (Wildman–Crippen LogP) is 0.683. The minimum absolute atomic E-state index is 0.102. The van der Waals surface area contributed by atoms with Crippen LogP contribution in [-0.4, -0.2) is 22.3 Å². The summed E-state index contributed by atoms with van der Waals surface area (Å²) in [5.41, 5.74) is -0.935. The first-order valence-electron chi connectivity index (χ1n) is 5.53. The summed E-state index contributed by atoms with van der Waals surface area (Å²) in [6, 6.07) is 1.28. The maximum Gasteiger partial charge on any atom is 0.330 e.